The summed E-state index contributed by atoms with van der Waals surface area (Å²) in [4.78, 5) is 2.70. The Kier molecular flexibility index (Phi) is 4.14. The van der Waals surface area contributed by atoms with Crippen LogP contribution < -0.4 is 0 Å². The fourth-order valence-electron chi connectivity index (χ4n) is 4.49. The molecule has 0 bridgehead atoms. The molecule has 142 valence electrons. The van der Waals surface area contributed by atoms with Crippen molar-refractivity contribution in [3.8, 4) is 21.6 Å². The van der Waals surface area contributed by atoms with Crippen LogP contribution in [0.4, 0.5) is 0 Å². The van der Waals surface area contributed by atoms with Gasteiger partial charge < -0.3 is 0 Å². The number of fused-ring (bicyclic) bond motifs is 2. The number of rotatable bonds is 3. The largest absolute Gasteiger partial charge is 0.136 e. The Morgan fingerprint density at radius 2 is 1.30 bits per heavy atom. The Hall–Kier alpha value is -3.42. The molecule has 0 saturated heterocycles. The minimum absolute atomic E-state index is 1.00. The number of hydrogen-bond acceptors (Lipinski definition) is 1. The third kappa shape index (κ3) is 2.91. The first-order valence-electron chi connectivity index (χ1n) is 10.3. The van der Waals surface area contributed by atoms with Gasteiger partial charge in [-0.05, 0) is 68.8 Å². The molecule has 0 saturated carbocycles. The fraction of sp³-hybridized carbons (Fsp3) is 0.0345. The first kappa shape index (κ1) is 17.4. The van der Waals surface area contributed by atoms with Crippen molar-refractivity contribution in [2.45, 2.75) is 6.42 Å². The van der Waals surface area contributed by atoms with Gasteiger partial charge in [0.15, 0.2) is 0 Å². The van der Waals surface area contributed by atoms with Crippen LogP contribution in [0.5, 0.6) is 0 Å². The topological polar surface area (TPSA) is 0 Å². The molecule has 1 heterocycles. The summed E-state index contributed by atoms with van der Waals surface area (Å²) in [6.07, 6.45) is 3.41. The van der Waals surface area contributed by atoms with Gasteiger partial charge in [0.05, 0.1) is 0 Å². The maximum Gasteiger partial charge on any atom is 0.0349 e. The smallest absolute Gasteiger partial charge is 0.0349 e. The molecule has 1 aromatic heterocycles. The van der Waals surface area contributed by atoms with Gasteiger partial charge in [-0.25, -0.2) is 0 Å². The molecule has 1 aliphatic carbocycles. The SMILES string of the molecule is C1=C(c2ccc(-c3ccccc3)s2)Cc2cccc(-c3cccc4ccccc34)c21. The summed E-state index contributed by atoms with van der Waals surface area (Å²) in [5, 5.41) is 2.61. The highest BCUT2D eigenvalue weighted by Crippen LogP contribution is 2.42. The van der Waals surface area contributed by atoms with E-state index in [-0.39, 0.29) is 0 Å². The Morgan fingerprint density at radius 3 is 2.23 bits per heavy atom. The molecule has 0 atom stereocenters. The Balaban J connectivity index is 1.44. The maximum atomic E-state index is 2.41. The minimum Gasteiger partial charge on any atom is -0.136 e. The zero-order chi connectivity index (χ0) is 19.9. The van der Waals surface area contributed by atoms with Gasteiger partial charge in [-0.15, -0.1) is 11.3 Å². The number of thiophene rings is 1. The molecule has 6 rings (SSSR count). The predicted molar refractivity (Wildman–Crippen MR) is 131 cm³/mol. The van der Waals surface area contributed by atoms with Crippen molar-refractivity contribution in [3.05, 3.63) is 119 Å². The van der Waals surface area contributed by atoms with Gasteiger partial charge in [-0.3, -0.25) is 0 Å². The number of allylic oxidation sites excluding steroid dienone is 1. The van der Waals surface area contributed by atoms with Crippen LogP contribution in [-0.2, 0) is 6.42 Å². The monoisotopic (exact) mass is 400 g/mol. The van der Waals surface area contributed by atoms with E-state index >= 15 is 0 Å². The Bertz CT molecular complexity index is 1400. The van der Waals surface area contributed by atoms with E-state index in [1.807, 2.05) is 11.3 Å². The molecule has 0 fully saturated rings. The molecule has 1 heteroatoms. The lowest BCUT2D eigenvalue weighted by molar-refractivity contribution is 1.33. The molecule has 1 aliphatic rings. The third-order valence-electron chi connectivity index (χ3n) is 5.96. The quantitative estimate of drug-likeness (QED) is 0.285. The van der Waals surface area contributed by atoms with Crippen molar-refractivity contribution in [1.82, 2.24) is 0 Å². The second-order valence-electron chi connectivity index (χ2n) is 7.78. The Morgan fingerprint density at radius 1 is 0.567 bits per heavy atom. The molecular weight excluding hydrogens is 380 g/mol. The molecular formula is C29H20S. The van der Waals surface area contributed by atoms with Crippen molar-refractivity contribution < 1.29 is 0 Å². The molecule has 0 spiro atoms. The maximum absolute atomic E-state index is 2.41. The van der Waals surface area contributed by atoms with Crippen LogP contribution in [0, 0.1) is 0 Å². The zero-order valence-corrected chi connectivity index (χ0v) is 17.3. The molecule has 0 N–H and O–H groups in total. The number of benzene rings is 4. The van der Waals surface area contributed by atoms with Crippen molar-refractivity contribution in [2.75, 3.05) is 0 Å². The van der Waals surface area contributed by atoms with E-state index in [1.165, 1.54) is 53.9 Å². The average molecular weight is 401 g/mol. The van der Waals surface area contributed by atoms with Crippen LogP contribution in [0.2, 0.25) is 0 Å². The molecule has 0 aliphatic heterocycles. The molecule has 0 amide bonds. The first-order chi connectivity index (χ1) is 14.9. The van der Waals surface area contributed by atoms with Crippen molar-refractivity contribution in [3.63, 3.8) is 0 Å². The highest BCUT2D eigenvalue weighted by molar-refractivity contribution is 7.16. The summed E-state index contributed by atoms with van der Waals surface area (Å²) in [5.41, 5.74) is 8.16. The second-order valence-corrected chi connectivity index (χ2v) is 8.87. The summed E-state index contributed by atoms with van der Waals surface area (Å²) >= 11 is 1.89. The molecule has 30 heavy (non-hydrogen) atoms. The molecule has 5 aromatic rings. The highest BCUT2D eigenvalue weighted by Gasteiger charge is 2.19. The lowest BCUT2D eigenvalue weighted by Crippen LogP contribution is -1.88. The van der Waals surface area contributed by atoms with Crippen LogP contribution in [0.3, 0.4) is 0 Å². The average Bonchev–Trinajstić information content (AvgIpc) is 3.46. The predicted octanol–water partition coefficient (Wildman–Crippen LogP) is 8.33. The van der Waals surface area contributed by atoms with Gasteiger partial charge in [0, 0.05) is 9.75 Å². The van der Waals surface area contributed by atoms with Crippen LogP contribution in [-0.4, -0.2) is 0 Å². The third-order valence-corrected chi connectivity index (χ3v) is 7.17. The fourth-order valence-corrected chi connectivity index (χ4v) is 5.51. The molecule has 0 nitrogen and oxygen atoms in total. The number of hydrogen-bond donors (Lipinski definition) is 0. The van der Waals surface area contributed by atoms with Gasteiger partial charge in [-0.2, -0.15) is 0 Å². The molecule has 4 aromatic carbocycles. The van der Waals surface area contributed by atoms with Gasteiger partial charge in [0.2, 0.25) is 0 Å². The van der Waals surface area contributed by atoms with Crippen LogP contribution in [0.15, 0.2) is 103 Å². The van der Waals surface area contributed by atoms with Gasteiger partial charge in [0.1, 0.15) is 0 Å². The highest BCUT2D eigenvalue weighted by atomic mass is 32.1. The van der Waals surface area contributed by atoms with E-state index < -0.39 is 0 Å². The standard InChI is InChI=1S/C29H20S/c1-2-9-21(10-3-1)28-16-17-29(30-28)23-18-22-12-7-15-26(27(22)19-23)25-14-6-11-20-8-4-5-13-24(20)25/h1-17,19H,18H2. The van der Waals surface area contributed by atoms with Crippen LogP contribution in [0.25, 0.3) is 44.0 Å². The van der Waals surface area contributed by atoms with Gasteiger partial charge >= 0.3 is 0 Å². The second kappa shape index (κ2) is 7.12. The summed E-state index contributed by atoms with van der Waals surface area (Å²) in [7, 11) is 0. The summed E-state index contributed by atoms with van der Waals surface area (Å²) in [6, 6.07) is 37.2. The minimum atomic E-state index is 1.00. The summed E-state index contributed by atoms with van der Waals surface area (Å²) in [5.74, 6) is 0. The summed E-state index contributed by atoms with van der Waals surface area (Å²) in [6.45, 7) is 0. The first-order valence-corrected chi connectivity index (χ1v) is 11.1. The van der Waals surface area contributed by atoms with E-state index in [0.29, 0.717) is 0 Å². The molecule has 0 unspecified atom stereocenters. The van der Waals surface area contributed by atoms with Crippen LogP contribution in [0.1, 0.15) is 16.0 Å². The van der Waals surface area contributed by atoms with E-state index in [1.54, 1.807) is 0 Å². The van der Waals surface area contributed by atoms with Crippen molar-refractivity contribution in [1.29, 1.82) is 0 Å². The van der Waals surface area contributed by atoms with Crippen molar-refractivity contribution >= 4 is 33.8 Å². The van der Waals surface area contributed by atoms with Gasteiger partial charge in [-0.1, -0.05) is 91.0 Å². The van der Waals surface area contributed by atoms with Gasteiger partial charge in [0.25, 0.3) is 0 Å². The van der Waals surface area contributed by atoms with Crippen molar-refractivity contribution in [2.24, 2.45) is 0 Å². The van der Waals surface area contributed by atoms with E-state index in [2.05, 4.69) is 109 Å². The van der Waals surface area contributed by atoms with E-state index in [9.17, 15) is 0 Å². The van der Waals surface area contributed by atoms with Crippen LogP contribution >= 0.6 is 11.3 Å². The lowest BCUT2D eigenvalue weighted by Gasteiger charge is -2.11. The van der Waals surface area contributed by atoms with E-state index in [0.717, 1.165) is 6.42 Å². The summed E-state index contributed by atoms with van der Waals surface area (Å²) < 4.78 is 0. The zero-order valence-electron chi connectivity index (χ0n) is 16.5. The Labute approximate surface area is 180 Å². The normalized spacial score (nSPS) is 12.7. The van der Waals surface area contributed by atoms with E-state index in [4.69, 9.17) is 0 Å². The lowest BCUT2D eigenvalue weighted by atomic mass is 9.93. The molecule has 0 radical (unpaired) electrons.